The van der Waals surface area contributed by atoms with Crippen LogP contribution in [0.3, 0.4) is 0 Å². The number of amides is 2. The van der Waals surface area contributed by atoms with E-state index < -0.39 is 17.6 Å². The first-order chi connectivity index (χ1) is 9.48. The van der Waals surface area contributed by atoms with Gasteiger partial charge in [-0.2, -0.15) is 0 Å². The Labute approximate surface area is 114 Å². The van der Waals surface area contributed by atoms with E-state index in [-0.39, 0.29) is 24.7 Å². The van der Waals surface area contributed by atoms with Crippen molar-refractivity contribution >= 4 is 17.8 Å². The van der Waals surface area contributed by atoms with Crippen LogP contribution in [0, 0.1) is 0 Å². The molecule has 0 radical (unpaired) electrons. The molecular formula is C14H13NO5. The van der Waals surface area contributed by atoms with E-state index in [0.717, 1.165) is 4.90 Å². The average Bonchev–Trinajstić information content (AvgIpc) is 2.67. The molecule has 1 heterocycles. The Balaban J connectivity index is 1.81. The van der Waals surface area contributed by atoms with Crippen molar-refractivity contribution in [2.24, 2.45) is 0 Å². The summed E-state index contributed by atoms with van der Waals surface area (Å²) in [5.41, 5.74) is -0.855. The van der Waals surface area contributed by atoms with E-state index in [1.807, 2.05) is 0 Å². The molecule has 6 nitrogen and oxygen atoms in total. The first-order valence-electron chi connectivity index (χ1n) is 6.25. The molecular weight excluding hydrogens is 262 g/mol. The maximum absolute atomic E-state index is 12.2. The Morgan fingerprint density at radius 2 is 1.75 bits per heavy atom. The zero-order chi connectivity index (χ0) is 14.5. The number of ether oxygens (including phenoxy) is 1. The highest BCUT2D eigenvalue weighted by molar-refractivity contribution is 6.21. The van der Waals surface area contributed by atoms with Gasteiger partial charge in [-0.1, -0.05) is 12.1 Å². The molecule has 3 rings (SSSR count). The Hall–Kier alpha value is -2.21. The van der Waals surface area contributed by atoms with Crippen LogP contribution in [0.15, 0.2) is 24.3 Å². The molecule has 0 unspecified atom stereocenters. The molecule has 1 aliphatic carbocycles. The number of hydrogen-bond donors (Lipinski definition) is 1. The van der Waals surface area contributed by atoms with Crippen molar-refractivity contribution in [1.82, 2.24) is 4.90 Å². The van der Waals surface area contributed by atoms with Crippen LogP contribution in [0.2, 0.25) is 0 Å². The summed E-state index contributed by atoms with van der Waals surface area (Å²) in [4.78, 5) is 36.9. The zero-order valence-electron chi connectivity index (χ0n) is 10.8. The van der Waals surface area contributed by atoms with E-state index >= 15 is 0 Å². The maximum Gasteiger partial charge on any atom is 0.337 e. The third-order valence-corrected chi connectivity index (χ3v) is 3.90. The lowest BCUT2D eigenvalue weighted by molar-refractivity contribution is -0.177. The highest BCUT2D eigenvalue weighted by Gasteiger charge is 2.55. The summed E-state index contributed by atoms with van der Waals surface area (Å²) >= 11 is 0. The first kappa shape index (κ1) is 12.8. The smallest absolute Gasteiger partial charge is 0.337 e. The highest BCUT2D eigenvalue weighted by atomic mass is 16.5. The number of rotatable bonds is 2. The molecule has 20 heavy (non-hydrogen) atoms. The van der Waals surface area contributed by atoms with Gasteiger partial charge in [0.15, 0.2) is 5.60 Å². The number of carbonyl (C=O) groups excluding carboxylic acids is 3. The fourth-order valence-electron chi connectivity index (χ4n) is 2.80. The lowest BCUT2D eigenvalue weighted by atomic mass is 9.75. The van der Waals surface area contributed by atoms with Crippen molar-refractivity contribution in [2.75, 3.05) is 7.11 Å². The lowest BCUT2D eigenvalue weighted by Gasteiger charge is -2.44. The van der Waals surface area contributed by atoms with Crippen molar-refractivity contribution in [3.05, 3.63) is 35.4 Å². The quantitative estimate of drug-likeness (QED) is 0.622. The Morgan fingerprint density at radius 1 is 1.25 bits per heavy atom. The molecule has 1 saturated carbocycles. The summed E-state index contributed by atoms with van der Waals surface area (Å²) in [6, 6.07) is 6.12. The van der Waals surface area contributed by atoms with Crippen LogP contribution < -0.4 is 0 Å². The number of carbonyl (C=O) groups is 3. The van der Waals surface area contributed by atoms with Gasteiger partial charge in [0, 0.05) is 18.9 Å². The van der Waals surface area contributed by atoms with Gasteiger partial charge >= 0.3 is 5.97 Å². The van der Waals surface area contributed by atoms with E-state index in [9.17, 15) is 19.5 Å². The van der Waals surface area contributed by atoms with Gasteiger partial charge in [-0.05, 0) is 12.1 Å². The monoisotopic (exact) mass is 275 g/mol. The van der Waals surface area contributed by atoms with Gasteiger partial charge in [-0.3, -0.25) is 14.5 Å². The fourth-order valence-corrected chi connectivity index (χ4v) is 2.80. The summed E-state index contributed by atoms with van der Waals surface area (Å²) in [5.74, 6) is -1.48. The summed E-state index contributed by atoms with van der Waals surface area (Å²) < 4.78 is 4.51. The van der Waals surface area contributed by atoms with Crippen LogP contribution in [0.1, 0.15) is 33.6 Å². The van der Waals surface area contributed by atoms with E-state index in [1.54, 1.807) is 24.3 Å². The third kappa shape index (κ3) is 1.58. The second-order valence-electron chi connectivity index (χ2n) is 5.11. The van der Waals surface area contributed by atoms with Crippen molar-refractivity contribution in [2.45, 2.75) is 24.5 Å². The molecule has 1 fully saturated rings. The minimum absolute atomic E-state index is 0.0190. The fraction of sp³-hybridized carbons (Fsp3) is 0.357. The lowest BCUT2D eigenvalue weighted by Crippen LogP contribution is -2.60. The molecule has 0 saturated heterocycles. The van der Waals surface area contributed by atoms with Crippen LogP contribution in [0.5, 0.6) is 0 Å². The van der Waals surface area contributed by atoms with E-state index in [2.05, 4.69) is 4.74 Å². The second kappa shape index (κ2) is 4.14. The van der Waals surface area contributed by atoms with Gasteiger partial charge < -0.3 is 9.84 Å². The van der Waals surface area contributed by atoms with Crippen LogP contribution in [-0.4, -0.2) is 46.5 Å². The van der Waals surface area contributed by atoms with E-state index in [1.165, 1.54) is 7.11 Å². The summed E-state index contributed by atoms with van der Waals surface area (Å²) in [5, 5.41) is 9.97. The summed E-state index contributed by atoms with van der Waals surface area (Å²) in [6.07, 6.45) is 0.0380. The molecule has 6 heteroatoms. The average molecular weight is 275 g/mol. The minimum atomic E-state index is -1.59. The number of methoxy groups -OCH3 is 1. The second-order valence-corrected chi connectivity index (χ2v) is 5.11. The molecule has 2 amide bonds. The molecule has 1 aliphatic heterocycles. The first-order valence-corrected chi connectivity index (χ1v) is 6.25. The van der Waals surface area contributed by atoms with E-state index in [4.69, 9.17) is 0 Å². The Bertz CT molecular complexity index is 583. The summed E-state index contributed by atoms with van der Waals surface area (Å²) in [6.45, 7) is 0. The topological polar surface area (TPSA) is 83.9 Å². The van der Waals surface area contributed by atoms with Crippen LogP contribution in [0.4, 0.5) is 0 Å². The van der Waals surface area contributed by atoms with Crippen LogP contribution in [0.25, 0.3) is 0 Å². The van der Waals surface area contributed by atoms with Gasteiger partial charge in [0.2, 0.25) is 0 Å². The molecule has 0 atom stereocenters. The minimum Gasteiger partial charge on any atom is -0.467 e. The maximum atomic E-state index is 12.2. The number of nitrogens with zero attached hydrogens (tertiary/aromatic N) is 1. The van der Waals surface area contributed by atoms with Gasteiger partial charge in [0.05, 0.1) is 18.2 Å². The van der Waals surface area contributed by atoms with Crippen LogP contribution in [-0.2, 0) is 9.53 Å². The SMILES string of the molecule is COC(=O)C1(O)CC(N2C(=O)c3ccccc3C2=O)C1. The number of esters is 1. The van der Waals surface area contributed by atoms with Gasteiger partial charge in [0.25, 0.3) is 11.8 Å². The highest BCUT2D eigenvalue weighted by Crippen LogP contribution is 2.40. The van der Waals surface area contributed by atoms with E-state index in [0.29, 0.717) is 11.1 Å². The predicted molar refractivity (Wildman–Crippen MR) is 66.9 cm³/mol. The molecule has 104 valence electrons. The van der Waals surface area contributed by atoms with Gasteiger partial charge in [-0.25, -0.2) is 4.79 Å². The van der Waals surface area contributed by atoms with Crippen molar-refractivity contribution in [3.63, 3.8) is 0 Å². The molecule has 2 aliphatic rings. The van der Waals surface area contributed by atoms with Gasteiger partial charge in [-0.15, -0.1) is 0 Å². The molecule has 1 N–H and O–H groups in total. The van der Waals surface area contributed by atoms with Crippen molar-refractivity contribution < 1.29 is 24.2 Å². The number of hydrogen-bond acceptors (Lipinski definition) is 5. The van der Waals surface area contributed by atoms with Crippen molar-refractivity contribution in [3.8, 4) is 0 Å². The van der Waals surface area contributed by atoms with Crippen LogP contribution >= 0.6 is 0 Å². The Morgan fingerprint density at radius 3 is 2.20 bits per heavy atom. The number of fused-ring (bicyclic) bond motifs is 1. The number of benzene rings is 1. The largest absolute Gasteiger partial charge is 0.467 e. The third-order valence-electron chi connectivity index (χ3n) is 3.90. The number of aliphatic hydroxyl groups is 1. The normalized spacial score (nSPS) is 28.1. The molecule has 0 spiro atoms. The predicted octanol–water partition coefficient (Wildman–Crippen LogP) is 0.349. The number of imide groups is 1. The Kier molecular flexibility index (Phi) is 2.65. The molecule has 0 aromatic heterocycles. The van der Waals surface area contributed by atoms with Gasteiger partial charge in [0.1, 0.15) is 0 Å². The molecule has 1 aromatic carbocycles. The zero-order valence-corrected chi connectivity index (χ0v) is 10.8. The summed E-state index contributed by atoms with van der Waals surface area (Å²) in [7, 11) is 1.19. The van der Waals surface area contributed by atoms with Crippen molar-refractivity contribution in [1.29, 1.82) is 0 Å². The molecule has 0 bridgehead atoms. The standard InChI is InChI=1S/C14H13NO5/c1-20-13(18)14(19)6-8(7-14)15-11(16)9-4-2-3-5-10(9)12(15)17/h2-5,8,19H,6-7H2,1H3. The molecule has 1 aromatic rings.